The second-order valence-electron chi connectivity index (χ2n) is 4.79. The highest BCUT2D eigenvalue weighted by molar-refractivity contribution is 7.89. The van der Waals surface area contributed by atoms with Crippen LogP contribution >= 0.6 is 0 Å². The van der Waals surface area contributed by atoms with Gasteiger partial charge in [0.2, 0.25) is 10.0 Å². The van der Waals surface area contributed by atoms with Gasteiger partial charge in [0.25, 0.3) is 5.89 Å². The van der Waals surface area contributed by atoms with Gasteiger partial charge >= 0.3 is 5.97 Å². The molecule has 0 unspecified atom stereocenters. The molecule has 0 radical (unpaired) electrons. The van der Waals surface area contributed by atoms with Crippen molar-refractivity contribution in [2.24, 2.45) is 0 Å². The number of esters is 1. The van der Waals surface area contributed by atoms with Gasteiger partial charge in [0, 0.05) is 6.54 Å². The fourth-order valence-corrected chi connectivity index (χ4v) is 2.93. The van der Waals surface area contributed by atoms with Gasteiger partial charge in [-0.2, -0.15) is 4.98 Å². The summed E-state index contributed by atoms with van der Waals surface area (Å²) < 4.78 is 36.3. The molecule has 0 saturated heterocycles. The smallest absolute Gasteiger partial charge is 0.338 e. The maximum absolute atomic E-state index is 12.2. The number of nitrogens with zero attached hydrogens (tertiary/aromatic N) is 2. The number of nitrogens with one attached hydrogen (secondary N) is 1. The Labute approximate surface area is 133 Å². The van der Waals surface area contributed by atoms with Crippen molar-refractivity contribution in [1.82, 2.24) is 14.9 Å². The fraction of sp³-hybridized carbons (Fsp3) is 0.357. The Kier molecular flexibility index (Phi) is 5.12. The van der Waals surface area contributed by atoms with Gasteiger partial charge in [0.15, 0.2) is 12.4 Å². The molecule has 9 heteroatoms. The number of rotatable bonds is 6. The summed E-state index contributed by atoms with van der Waals surface area (Å²) in [5, 5.41) is 3.59. The Morgan fingerprint density at radius 1 is 1.35 bits per heavy atom. The van der Waals surface area contributed by atoms with Crippen LogP contribution in [0.15, 0.2) is 27.6 Å². The van der Waals surface area contributed by atoms with E-state index in [1.165, 1.54) is 12.1 Å². The van der Waals surface area contributed by atoms with Crippen LogP contribution in [0.4, 0.5) is 0 Å². The molecule has 23 heavy (non-hydrogen) atoms. The molecule has 0 atom stereocenters. The lowest BCUT2D eigenvalue weighted by Gasteiger charge is -2.09. The first kappa shape index (κ1) is 17.1. The molecule has 124 valence electrons. The zero-order valence-corrected chi connectivity index (χ0v) is 13.8. The topological polar surface area (TPSA) is 111 Å². The summed E-state index contributed by atoms with van der Waals surface area (Å²) in [7, 11) is -3.65. The number of carbonyl (C=O) groups is 1. The van der Waals surface area contributed by atoms with Gasteiger partial charge < -0.3 is 9.26 Å². The number of sulfonamides is 1. The van der Waals surface area contributed by atoms with Gasteiger partial charge in [-0.25, -0.2) is 17.9 Å². The number of aryl methyl sites for hydroxylation is 2. The fourth-order valence-electron chi connectivity index (χ4n) is 1.87. The minimum Gasteiger partial charge on any atom is -0.452 e. The SMILES string of the molecule is CCNS(=O)(=O)c1ccc(C)c(C(=O)OCc2nc(C)no2)c1. The van der Waals surface area contributed by atoms with Crippen molar-refractivity contribution in [2.75, 3.05) is 6.54 Å². The largest absolute Gasteiger partial charge is 0.452 e. The summed E-state index contributed by atoms with van der Waals surface area (Å²) in [6.07, 6.45) is 0. The first-order chi connectivity index (χ1) is 10.8. The average molecular weight is 339 g/mol. The predicted molar refractivity (Wildman–Crippen MR) is 80.2 cm³/mol. The van der Waals surface area contributed by atoms with Gasteiger partial charge in [-0.1, -0.05) is 18.1 Å². The van der Waals surface area contributed by atoms with Crippen molar-refractivity contribution in [2.45, 2.75) is 32.3 Å². The molecule has 0 amide bonds. The predicted octanol–water partition coefficient (Wildman–Crippen LogP) is 1.34. The van der Waals surface area contributed by atoms with E-state index in [9.17, 15) is 13.2 Å². The summed E-state index contributed by atoms with van der Waals surface area (Å²) >= 11 is 0. The Hall–Kier alpha value is -2.26. The van der Waals surface area contributed by atoms with Gasteiger partial charge in [-0.05, 0) is 31.5 Å². The second-order valence-corrected chi connectivity index (χ2v) is 6.56. The molecule has 2 rings (SSSR count). The van der Waals surface area contributed by atoms with Gasteiger partial charge in [0.1, 0.15) is 0 Å². The highest BCUT2D eigenvalue weighted by Crippen LogP contribution is 2.17. The van der Waals surface area contributed by atoms with E-state index >= 15 is 0 Å². The van der Waals surface area contributed by atoms with Crippen LogP contribution in [0.2, 0.25) is 0 Å². The van der Waals surface area contributed by atoms with Crippen LogP contribution in [0.5, 0.6) is 0 Å². The molecule has 1 aromatic carbocycles. The normalized spacial score (nSPS) is 11.4. The molecule has 0 spiro atoms. The van der Waals surface area contributed by atoms with E-state index in [2.05, 4.69) is 14.9 Å². The lowest BCUT2D eigenvalue weighted by atomic mass is 10.1. The van der Waals surface area contributed by atoms with E-state index in [4.69, 9.17) is 9.26 Å². The third kappa shape index (κ3) is 4.14. The molecule has 0 saturated carbocycles. The van der Waals surface area contributed by atoms with Crippen molar-refractivity contribution in [3.05, 3.63) is 41.0 Å². The number of hydrogen-bond acceptors (Lipinski definition) is 7. The van der Waals surface area contributed by atoms with E-state index in [1.54, 1.807) is 26.8 Å². The third-order valence-corrected chi connectivity index (χ3v) is 4.51. The highest BCUT2D eigenvalue weighted by atomic mass is 32.2. The molecule has 0 bridgehead atoms. The first-order valence-corrected chi connectivity index (χ1v) is 8.38. The second kappa shape index (κ2) is 6.88. The van der Waals surface area contributed by atoms with Crippen molar-refractivity contribution in [1.29, 1.82) is 0 Å². The van der Waals surface area contributed by atoms with Crippen LogP contribution in [0.1, 0.15) is 34.6 Å². The Morgan fingerprint density at radius 2 is 2.09 bits per heavy atom. The molecule has 8 nitrogen and oxygen atoms in total. The van der Waals surface area contributed by atoms with Crippen LogP contribution in [0, 0.1) is 13.8 Å². The molecule has 1 N–H and O–H groups in total. The quantitative estimate of drug-likeness (QED) is 0.790. The van der Waals surface area contributed by atoms with E-state index in [-0.39, 0.29) is 29.5 Å². The van der Waals surface area contributed by atoms with E-state index in [0.717, 1.165) is 0 Å². The molecule has 0 aliphatic carbocycles. The monoisotopic (exact) mass is 339 g/mol. The van der Waals surface area contributed by atoms with Gasteiger partial charge in [0.05, 0.1) is 10.5 Å². The average Bonchev–Trinajstić information content (AvgIpc) is 2.90. The molecular weight excluding hydrogens is 322 g/mol. The lowest BCUT2D eigenvalue weighted by molar-refractivity contribution is 0.0428. The standard InChI is InChI=1S/C14H17N3O5S/c1-4-15-23(19,20)11-6-5-9(2)12(7-11)14(18)21-8-13-16-10(3)17-22-13/h5-7,15H,4,8H2,1-3H3. The summed E-state index contributed by atoms with van der Waals surface area (Å²) in [4.78, 5) is 16.1. The van der Waals surface area contributed by atoms with Crippen LogP contribution in [-0.4, -0.2) is 31.1 Å². The maximum Gasteiger partial charge on any atom is 0.338 e. The zero-order valence-electron chi connectivity index (χ0n) is 13.0. The molecule has 0 fully saturated rings. The maximum atomic E-state index is 12.2. The Morgan fingerprint density at radius 3 is 2.70 bits per heavy atom. The van der Waals surface area contributed by atoms with Crippen molar-refractivity contribution >= 4 is 16.0 Å². The zero-order chi connectivity index (χ0) is 17.0. The summed E-state index contributed by atoms with van der Waals surface area (Å²) in [5.74, 6) is -0.0530. The van der Waals surface area contributed by atoms with Crippen LogP contribution in [0.25, 0.3) is 0 Å². The minimum absolute atomic E-state index is 0.00512. The van der Waals surface area contributed by atoms with Crippen LogP contribution < -0.4 is 4.72 Å². The summed E-state index contributed by atoms with van der Waals surface area (Å²) in [6, 6.07) is 4.28. The number of aromatic nitrogens is 2. The lowest BCUT2D eigenvalue weighted by Crippen LogP contribution is -2.23. The molecule has 1 aromatic heterocycles. The van der Waals surface area contributed by atoms with E-state index in [1.807, 2.05) is 0 Å². The molecule has 1 heterocycles. The number of benzene rings is 1. The minimum atomic E-state index is -3.65. The van der Waals surface area contributed by atoms with Crippen molar-refractivity contribution in [3.63, 3.8) is 0 Å². The summed E-state index contributed by atoms with van der Waals surface area (Å²) in [6.45, 7) is 5.09. The molecule has 2 aromatic rings. The summed E-state index contributed by atoms with van der Waals surface area (Å²) in [5.41, 5.74) is 0.771. The van der Waals surface area contributed by atoms with Gasteiger partial charge in [-0.15, -0.1) is 0 Å². The van der Waals surface area contributed by atoms with Crippen LogP contribution in [0.3, 0.4) is 0 Å². The highest BCUT2D eigenvalue weighted by Gasteiger charge is 2.18. The number of hydrogen-bond donors (Lipinski definition) is 1. The van der Waals surface area contributed by atoms with Crippen molar-refractivity contribution in [3.8, 4) is 0 Å². The molecular formula is C14H17N3O5S. The molecule has 0 aliphatic rings. The third-order valence-electron chi connectivity index (χ3n) is 2.97. The van der Waals surface area contributed by atoms with Crippen LogP contribution in [-0.2, 0) is 21.4 Å². The van der Waals surface area contributed by atoms with E-state index in [0.29, 0.717) is 11.4 Å². The van der Waals surface area contributed by atoms with Gasteiger partial charge in [-0.3, -0.25) is 0 Å². The number of ether oxygens (including phenoxy) is 1. The number of carbonyl (C=O) groups excluding carboxylic acids is 1. The van der Waals surface area contributed by atoms with Crippen molar-refractivity contribution < 1.29 is 22.5 Å². The molecule has 0 aliphatic heterocycles. The Balaban J connectivity index is 2.19. The first-order valence-electron chi connectivity index (χ1n) is 6.90. The van der Waals surface area contributed by atoms with E-state index < -0.39 is 16.0 Å². The Bertz CT molecular complexity index is 814.